The number of benzene rings is 1. The molecule has 2 aromatic heterocycles. The second kappa shape index (κ2) is 6.62. The van der Waals surface area contributed by atoms with Gasteiger partial charge in [0, 0.05) is 35.5 Å². The highest BCUT2D eigenvalue weighted by Crippen LogP contribution is 2.23. The Balaban J connectivity index is 1.63. The first kappa shape index (κ1) is 15.2. The summed E-state index contributed by atoms with van der Waals surface area (Å²) in [4.78, 5) is 8.37. The predicted molar refractivity (Wildman–Crippen MR) is 86.1 cm³/mol. The van der Waals surface area contributed by atoms with E-state index in [9.17, 15) is 5.11 Å². The minimum Gasteiger partial charge on any atom is -0.387 e. The van der Waals surface area contributed by atoms with Crippen LogP contribution in [0, 0.1) is 0 Å². The van der Waals surface area contributed by atoms with Crippen LogP contribution < -0.4 is 5.32 Å². The first-order chi connectivity index (χ1) is 10.6. The minimum atomic E-state index is -0.687. The van der Waals surface area contributed by atoms with E-state index < -0.39 is 6.10 Å². The molecule has 22 heavy (non-hydrogen) atoms. The Bertz CT molecular complexity index is 770. The molecule has 1 unspecified atom stereocenters. The number of hydrogen-bond acceptors (Lipinski definition) is 4. The van der Waals surface area contributed by atoms with Gasteiger partial charge in [0.15, 0.2) is 0 Å². The summed E-state index contributed by atoms with van der Waals surface area (Å²) < 4.78 is 1.90. The van der Waals surface area contributed by atoms with Crippen molar-refractivity contribution in [1.82, 2.24) is 19.7 Å². The Morgan fingerprint density at radius 3 is 2.73 bits per heavy atom. The Morgan fingerprint density at radius 2 is 1.95 bits per heavy atom. The fourth-order valence-electron chi connectivity index (χ4n) is 2.23. The molecule has 1 aromatic carbocycles. The minimum absolute atomic E-state index is 0.379. The molecule has 0 aliphatic carbocycles. The molecule has 7 heteroatoms. The van der Waals surface area contributed by atoms with Crippen LogP contribution in [0.4, 0.5) is 0 Å². The SMILES string of the molecule is OC(CNCc1cnc2ncccn12)c1cc(Cl)cc(Cl)c1. The largest absolute Gasteiger partial charge is 0.387 e. The highest BCUT2D eigenvalue weighted by molar-refractivity contribution is 6.34. The normalized spacial score (nSPS) is 12.7. The van der Waals surface area contributed by atoms with Crippen molar-refractivity contribution in [3.05, 3.63) is 64.2 Å². The third kappa shape index (κ3) is 3.39. The van der Waals surface area contributed by atoms with E-state index in [2.05, 4.69) is 15.3 Å². The number of aromatic nitrogens is 3. The van der Waals surface area contributed by atoms with Crippen molar-refractivity contribution >= 4 is 29.0 Å². The second-order valence-electron chi connectivity index (χ2n) is 4.89. The Kier molecular flexibility index (Phi) is 4.59. The zero-order valence-electron chi connectivity index (χ0n) is 11.6. The maximum atomic E-state index is 10.2. The molecular formula is C15H14Cl2N4O. The first-order valence-electron chi connectivity index (χ1n) is 6.75. The molecule has 1 atom stereocenters. The zero-order valence-corrected chi connectivity index (χ0v) is 13.1. The first-order valence-corrected chi connectivity index (χ1v) is 7.51. The molecule has 0 aliphatic heterocycles. The standard InChI is InChI=1S/C15H14Cl2N4O/c16-11-4-10(5-12(17)6-11)14(22)9-18-7-13-8-20-15-19-2-1-3-21(13)15/h1-6,8,14,18,22H,7,9H2. The molecule has 0 radical (unpaired) electrons. The number of fused-ring (bicyclic) bond motifs is 1. The van der Waals surface area contributed by atoms with Crippen LogP contribution in [0.15, 0.2) is 42.9 Å². The summed E-state index contributed by atoms with van der Waals surface area (Å²) in [5.41, 5.74) is 1.66. The van der Waals surface area contributed by atoms with Gasteiger partial charge in [-0.3, -0.25) is 4.40 Å². The summed E-state index contributed by atoms with van der Waals surface area (Å²) in [5.74, 6) is 0.654. The van der Waals surface area contributed by atoms with E-state index in [0.29, 0.717) is 34.5 Å². The van der Waals surface area contributed by atoms with E-state index in [0.717, 1.165) is 5.69 Å². The number of halogens is 2. The van der Waals surface area contributed by atoms with Crippen LogP contribution >= 0.6 is 23.2 Å². The molecule has 3 rings (SSSR count). The average molecular weight is 337 g/mol. The van der Waals surface area contributed by atoms with Crippen molar-refractivity contribution in [2.45, 2.75) is 12.6 Å². The summed E-state index contributed by atoms with van der Waals surface area (Å²) >= 11 is 11.9. The number of aliphatic hydroxyl groups is 1. The zero-order chi connectivity index (χ0) is 15.5. The number of hydrogen-bond donors (Lipinski definition) is 2. The van der Waals surface area contributed by atoms with Crippen molar-refractivity contribution in [3.8, 4) is 0 Å². The molecule has 0 bridgehead atoms. The van der Waals surface area contributed by atoms with Crippen molar-refractivity contribution in [2.24, 2.45) is 0 Å². The molecule has 0 saturated heterocycles. The Morgan fingerprint density at radius 1 is 1.18 bits per heavy atom. The van der Waals surface area contributed by atoms with Crippen molar-refractivity contribution < 1.29 is 5.11 Å². The quantitative estimate of drug-likeness (QED) is 0.752. The smallest absolute Gasteiger partial charge is 0.233 e. The van der Waals surface area contributed by atoms with Crippen molar-refractivity contribution in [1.29, 1.82) is 0 Å². The molecule has 0 amide bonds. The van der Waals surface area contributed by atoms with Crippen molar-refractivity contribution in [3.63, 3.8) is 0 Å². The molecule has 0 aliphatic rings. The van der Waals surface area contributed by atoms with E-state index in [4.69, 9.17) is 23.2 Å². The van der Waals surface area contributed by atoms with Crippen LogP contribution in [-0.4, -0.2) is 26.0 Å². The highest BCUT2D eigenvalue weighted by Gasteiger charge is 2.10. The molecule has 0 fully saturated rings. The van der Waals surface area contributed by atoms with E-state index in [1.54, 1.807) is 30.6 Å². The second-order valence-corrected chi connectivity index (χ2v) is 5.76. The molecule has 0 saturated carbocycles. The Hall–Kier alpha value is -1.66. The van der Waals surface area contributed by atoms with Gasteiger partial charge in [0.25, 0.3) is 0 Å². The highest BCUT2D eigenvalue weighted by atomic mass is 35.5. The number of rotatable bonds is 5. The van der Waals surface area contributed by atoms with E-state index >= 15 is 0 Å². The molecule has 5 nitrogen and oxygen atoms in total. The van der Waals surface area contributed by atoms with Crippen LogP contribution in [0.1, 0.15) is 17.4 Å². The van der Waals surface area contributed by atoms with Crippen LogP contribution in [0.25, 0.3) is 5.78 Å². The van der Waals surface area contributed by atoms with Gasteiger partial charge in [0.1, 0.15) is 0 Å². The van der Waals surface area contributed by atoms with Crippen LogP contribution in [0.2, 0.25) is 10.0 Å². The van der Waals surface area contributed by atoms with Gasteiger partial charge in [-0.1, -0.05) is 23.2 Å². The van der Waals surface area contributed by atoms with Crippen LogP contribution in [0.3, 0.4) is 0 Å². The van der Waals surface area contributed by atoms with E-state index in [-0.39, 0.29) is 0 Å². The van der Waals surface area contributed by atoms with Gasteiger partial charge in [-0.15, -0.1) is 0 Å². The summed E-state index contributed by atoms with van der Waals surface area (Å²) in [6.45, 7) is 0.947. The third-order valence-corrected chi connectivity index (χ3v) is 3.72. The summed E-state index contributed by atoms with van der Waals surface area (Å²) in [6, 6.07) is 6.90. The lowest BCUT2D eigenvalue weighted by Crippen LogP contribution is -2.21. The van der Waals surface area contributed by atoms with Gasteiger partial charge < -0.3 is 10.4 Å². The molecule has 3 aromatic rings. The summed E-state index contributed by atoms with van der Waals surface area (Å²) in [6.07, 6.45) is 4.68. The average Bonchev–Trinajstić information content (AvgIpc) is 2.90. The third-order valence-electron chi connectivity index (χ3n) is 3.28. The van der Waals surface area contributed by atoms with Gasteiger partial charge in [-0.05, 0) is 29.8 Å². The van der Waals surface area contributed by atoms with Crippen LogP contribution in [0.5, 0.6) is 0 Å². The van der Waals surface area contributed by atoms with Gasteiger partial charge in [-0.25, -0.2) is 9.97 Å². The molecule has 2 N–H and O–H groups in total. The lowest BCUT2D eigenvalue weighted by atomic mass is 10.1. The lowest BCUT2D eigenvalue weighted by Gasteiger charge is -2.13. The van der Waals surface area contributed by atoms with E-state index in [1.165, 1.54) is 0 Å². The van der Waals surface area contributed by atoms with Gasteiger partial charge in [0.2, 0.25) is 5.78 Å². The number of nitrogens with zero attached hydrogens (tertiary/aromatic N) is 3. The molecule has 0 spiro atoms. The summed E-state index contributed by atoms with van der Waals surface area (Å²) in [7, 11) is 0. The number of nitrogens with one attached hydrogen (secondary N) is 1. The van der Waals surface area contributed by atoms with Gasteiger partial charge >= 0.3 is 0 Å². The number of aliphatic hydroxyl groups excluding tert-OH is 1. The predicted octanol–water partition coefficient (Wildman–Crippen LogP) is 2.86. The molecule has 2 heterocycles. The van der Waals surface area contributed by atoms with E-state index in [1.807, 2.05) is 16.7 Å². The lowest BCUT2D eigenvalue weighted by molar-refractivity contribution is 0.174. The maximum absolute atomic E-state index is 10.2. The fraction of sp³-hybridized carbons (Fsp3) is 0.200. The van der Waals surface area contributed by atoms with Crippen LogP contribution in [-0.2, 0) is 6.54 Å². The fourth-order valence-corrected chi connectivity index (χ4v) is 2.77. The Labute approximate surface area is 137 Å². The van der Waals surface area contributed by atoms with Crippen molar-refractivity contribution in [2.75, 3.05) is 6.54 Å². The van der Waals surface area contributed by atoms with Gasteiger partial charge in [0.05, 0.1) is 18.0 Å². The molecular weight excluding hydrogens is 323 g/mol. The summed E-state index contributed by atoms with van der Waals surface area (Å²) in [5, 5.41) is 14.4. The molecule has 114 valence electrons. The topological polar surface area (TPSA) is 62.5 Å². The number of imidazole rings is 1. The monoisotopic (exact) mass is 336 g/mol. The van der Waals surface area contributed by atoms with Gasteiger partial charge in [-0.2, -0.15) is 0 Å². The maximum Gasteiger partial charge on any atom is 0.233 e.